The van der Waals surface area contributed by atoms with Crippen LogP contribution in [-0.4, -0.2) is 30.2 Å². The van der Waals surface area contributed by atoms with Gasteiger partial charge in [0.05, 0.1) is 23.1 Å². The lowest BCUT2D eigenvalue weighted by molar-refractivity contribution is -0.124. The minimum atomic E-state index is -0.731. The number of carbonyl (C=O) groups is 4. The number of nitrogens with zero attached hydrogens (tertiary/aromatic N) is 1. The lowest BCUT2D eigenvalue weighted by Gasteiger charge is -2.37. The van der Waals surface area contributed by atoms with Crippen LogP contribution < -0.4 is 4.90 Å². The molecular weight excluding hydrogens is 418 g/mol. The fourth-order valence-electron chi connectivity index (χ4n) is 6.07. The predicted octanol–water partition coefficient (Wildman–Crippen LogP) is 3.59. The van der Waals surface area contributed by atoms with Crippen molar-refractivity contribution in [3.8, 4) is 0 Å². The molecule has 0 spiro atoms. The van der Waals surface area contributed by atoms with Gasteiger partial charge in [0.2, 0.25) is 11.8 Å². The number of carbonyl (C=O) groups excluding carboxylic acids is 4. The Morgan fingerprint density at radius 2 is 1.52 bits per heavy atom. The fourth-order valence-corrected chi connectivity index (χ4v) is 6.07. The largest absolute Gasteiger partial charge is 0.454 e. The molecule has 1 heterocycles. The molecule has 6 nitrogen and oxygen atoms in total. The van der Waals surface area contributed by atoms with Gasteiger partial charge in [0.25, 0.3) is 0 Å². The molecule has 2 amide bonds. The van der Waals surface area contributed by atoms with E-state index in [0.717, 1.165) is 12.0 Å². The number of Topliss-reactive ketones (excluding diaryl/α,β-unsaturated/α-hetero) is 1. The van der Waals surface area contributed by atoms with E-state index in [9.17, 15) is 19.2 Å². The summed E-state index contributed by atoms with van der Waals surface area (Å²) in [5.74, 6) is -0.969. The average Bonchev–Trinajstić information content (AvgIpc) is 3.61. The molecule has 2 aromatic carbocycles. The standard InChI is InChI=1S/C27H23NO5/c1-14-6-8-15(9-7-14)22(29)13-33-27(32)18-4-2-3-5-21(18)28-25(30)23-16-10-11-17(20-12-19(16)20)24(23)26(28)31/h2-11,16-17,19-20,23-24H,12-13H2,1H3/t16-,17-,19-,20+,23-,24+/m0/s1. The first-order valence-electron chi connectivity index (χ1n) is 11.4. The number of ether oxygens (including phenoxy) is 1. The Balaban J connectivity index is 1.24. The highest BCUT2D eigenvalue weighted by molar-refractivity contribution is 6.24. The average molecular weight is 441 g/mol. The van der Waals surface area contributed by atoms with Crippen LogP contribution in [0.2, 0.25) is 0 Å². The van der Waals surface area contributed by atoms with E-state index in [-0.39, 0.29) is 52.5 Å². The zero-order valence-corrected chi connectivity index (χ0v) is 18.1. The van der Waals surface area contributed by atoms with Crippen molar-refractivity contribution in [2.24, 2.45) is 35.5 Å². The first-order chi connectivity index (χ1) is 16.0. The van der Waals surface area contributed by atoms with Gasteiger partial charge >= 0.3 is 5.97 Å². The maximum atomic E-state index is 13.4. The van der Waals surface area contributed by atoms with Crippen LogP contribution >= 0.6 is 0 Å². The second-order valence-corrected chi connectivity index (χ2v) is 9.55. The Morgan fingerprint density at radius 3 is 2.15 bits per heavy atom. The summed E-state index contributed by atoms with van der Waals surface area (Å²) >= 11 is 0. The Morgan fingerprint density at radius 1 is 0.909 bits per heavy atom. The Labute approximate surface area is 191 Å². The Hall–Kier alpha value is -3.54. The van der Waals surface area contributed by atoms with Gasteiger partial charge < -0.3 is 4.74 Å². The van der Waals surface area contributed by atoms with E-state index < -0.39 is 12.6 Å². The van der Waals surface area contributed by atoms with Gasteiger partial charge in [0.15, 0.2) is 12.4 Å². The third kappa shape index (κ3) is 3.00. The molecule has 33 heavy (non-hydrogen) atoms. The first-order valence-corrected chi connectivity index (χ1v) is 11.4. The van der Waals surface area contributed by atoms with Crippen molar-refractivity contribution in [2.75, 3.05) is 11.5 Å². The number of hydrogen-bond acceptors (Lipinski definition) is 5. The van der Waals surface area contributed by atoms with Gasteiger partial charge in [-0.3, -0.25) is 14.4 Å². The molecule has 2 aromatic rings. The van der Waals surface area contributed by atoms with E-state index in [1.165, 1.54) is 11.0 Å². The zero-order chi connectivity index (χ0) is 22.9. The smallest absolute Gasteiger partial charge is 0.340 e. The summed E-state index contributed by atoms with van der Waals surface area (Å²) < 4.78 is 5.29. The van der Waals surface area contributed by atoms with Gasteiger partial charge in [-0.15, -0.1) is 0 Å². The number of hydrogen-bond donors (Lipinski definition) is 0. The molecule has 1 aliphatic heterocycles. The van der Waals surface area contributed by atoms with Gasteiger partial charge in [-0.25, -0.2) is 9.69 Å². The Kier molecular flexibility index (Phi) is 4.41. The molecule has 7 rings (SSSR count). The summed E-state index contributed by atoms with van der Waals surface area (Å²) in [6.45, 7) is 1.51. The van der Waals surface area contributed by atoms with Gasteiger partial charge in [0.1, 0.15) is 0 Å². The molecule has 1 saturated heterocycles. The van der Waals surface area contributed by atoms with Crippen LogP contribution in [0.5, 0.6) is 0 Å². The highest BCUT2D eigenvalue weighted by Crippen LogP contribution is 2.65. The van der Waals surface area contributed by atoms with Gasteiger partial charge in [-0.05, 0) is 49.1 Å². The highest BCUT2D eigenvalue weighted by Gasteiger charge is 2.67. The normalized spacial score (nSPS) is 30.8. The van der Waals surface area contributed by atoms with Crippen molar-refractivity contribution in [3.63, 3.8) is 0 Å². The van der Waals surface area contributed by atoms with E-state index in [4.69, 9.17) is 4.74 Å². The lowest BCUT2D eigenvalue weighted by atomic mass is 9.63. The minimum Gasteiger partial charge on any atom is -0.454 e. The Bertz CT molecular complexity index is 1190. The maximum absolute atomic E-state index is 13.4. The number of esters is 1. The van der Waals surface area contributed by atoms with Gasteiger partial charge in [0, 0.05) is 5.56 Å². The minimum absolute atomic E-state index is 0.109. The number of allylic oxidation sites excluding steroid dienone is 2. The van der Waals surface area contributed by atoms with Crippen molar-refractivity contribution in [3.05, 3.63) is 77.4 Å². The van der Waals surface area contributed by atoms with E-state index in [2.05, 4.69) is 12.2 Å². The summed E-state index contributed by atoms with van der Waals surface area (Å²) in [5, 5.41) is 0. The topological polar surface area (TPSA) is 80.8 Å². The molecule has 166 valence electrons. The predicted molar refractivity (Wildman–Crippen MR) is 119 cm³/mol. The molecule has 3 fully saturated rings. The van der Waals surface area contributed by atoms with Crippen molar-refractivity contribution >= 4 is 29.3 Å². The second kappa shape index (κ2) is 7.24. The molecule has 5 aliphatic rings. The molecular formula is C27H23NO5. The van der Waals surface area contributed by atoms with E-state index in [1.807, 2.05) is 19.1 Å². The van der Waals surface area contributed by atoms with Crippen LogP contribution in [0.25, 0.3) is 0 Å². The monoisotopic (exact) mass is 441 g/mol. The van der Waals surface area contributed by atoms with Crippen LogP contribution in [0, 0.1) is 42.4 Å². The highest BCUT2D eigenvalue weighted by atomic mass is 16.5. The number of rotatable bonds is 5. The number of aryl methyl sites for hydroxylation is 1. The molecule has 0 unspecified atom stereocenters. The van der Waals surface area contributed by atoms with Crippen LogP contribution in [0.15, 0.2) is 60.7 Å². The number of ketones is 1. The molecule has 0 radical (unpaired) electrons. The summed E-state index contributed by atoms with van der Waals surface area (Å²) in [5.41, 5.74) is 1.83. The number of anilines is 1. The number of amides is 2. The molecule has 2 bridgehead atoms. The number of para-hydroxylation sites is 1. The van der Waals surface area contributed by atoms with E-state index in [0.29, 0.717) is 17.4 Å². The molecule has 6 atom stereocenters. The molecule has 6 heteroatoms. The van der Waals surface area contributed by atoms with Crippen molar-refractivity contribution in [2.45, 2.75) is 13.3 Å². The van der Waals surface area contributed by atoms with Crippen LogP contribution in [0.3, 0.4) is 0 Å². The summed E-state index contributed by atoms with van der Waals surface area (Å²) in [4.78, 5) is 53.4. The van der Waals surface area contributed by atoms with Gasteiger partial charge in [-0.2, -0.15) is 0 Å². The zero-order valence-electron chi connectivity index (χ0n) is 18.1. The van der Waals surface area contributed by atoms with Crippen molar-refractivity contribution < 1.29 is 23.9 Å². The number of benzene rings is 2. The van der Waals surface area contributed by atoms with E-state index >= 15 is 0 Å². The van der Waals surface area contributed by atoms with Crippen molar-refractivity contribution in [1.82, 2.24) is 0 Å². The molecule has 0 aromatic heterocycles. The van der Waals surface area contributed by atoms with Gasteiger partial charge in [-0.1, -0.05) is 54.1 Å². The van der Waals surface area contributed by atoms with Crippen molar-refractivity contribution in [1.29, 1.82) is 0 Å². The van der Waals surface area contributed by atoms with E-state index in [1.54, 1.807) is 30.3 Å². The summed E-state index contributed by atoms with van der Waals surface area (Å²) in [6, 6.07) is 13.5. The quantitative estimate of drug-likeness (QED) is 0.307. The number of imide groups is 1. The molecule has 4 aliphatic carbocycles. The maximum Gasteiger partial charge on any atom is 0.340 e. The second-order valence-electron chi connectivity index (χ2n) is 9.55. The van der Waals surface area contributed by atoms with Crippen LogP contribution in [0.1, 0.15) is 32.7 Å². The fraction of sp³-hybridized carbons (Fsp3) is 0.333. The summed E-state index contributed by atoms with van der Waals surface area (Å²) in [6.07, 6.45) is 5.32. The molecule has 2 saturated carbocycles. The third-order valence-electron chi connectivity index (χ3n) is 7.74. The van der Waals surface area contributed by atoms with Crippen LogP contribution in [0.4, 0.5) is 5.69 Å². The molecule has 0 N–H and O–H groups in total. The SMILES string of the molecule is Cc1ccc(C(=O)COC(=O)c2ccccc2N2C(=O)[C@@H]3[C@H]4C=C[C@@H]([C@@H]5C[C@H]45)[C@@H]3C2=O)cc1. The first kappa shape index (κ1) is 20.1. The third-order valence-corrected chi connectivity index (χ3v) is 7.74. The van der Waals surface area contributed by atoms with Crippen LogP contribution in [-0.2, 0) is 14.3 Å². The summed E-state index contributed by atoms with van der Waals surface area (Å²) in [7, 11) is 0. The lowest BCUT2D eigenvalue weighted by Crippen LogP contribution is -2.40.